The Morgan fingerprint density at radius 2 is 0.810 bits per heavy atom. The maximum atomic E-state index is 12.2. The van der Waals surface area contributed by atoms with Crippen LogP contribution in [0, 0.1) is 5.92 Å². The first kappa shape index (κ1) is 35.2. The summed E-state index contributed by atoms with van der Waals surface area (Å²) in [5, 5.41) is 19.7. The van der Waals surface area contributed by atoms with Crippen LogP contribution < -0.4 is 21.2 Å². The first-order valence-corrected chi connectivity index (χ1v) is 16.3. The number of halogens is 3. The van der Waals surface area contributed by atoms with E-state index in [2.05, 4.69) is 0 Å². The number of aliphatic hydroxyl groups is 2. The van der Waals surface area contributed by atoms with Gasteiger partial charge in [0, 0.05) is 27.1 Å². The van der Waals surface area contributed by atoms with E-state index in [1.807, 2.05) is 24.3 Å². The van der Waals surface area contributed by atoms with Gasteiger partial charge in [0.25, 0.3) is 14.7 Å². The molecule has 0 aliphatic heterocycles. The summed E-state index contributed by atoms with van der Waals surface area (Å²) >= 11 is 0. The second-order valence-corrected chi connectivity index (χ2v) is 13.9. The van der Waals surface area contributed by atoms with Crippen LogP contribution in [0.3, 0.4) is 0 Å². The van der Waals surface area contributed by atoms with Crippen molar-refractivity contribution in [1.29, 1.82) is 0 Å². The second-order valence-electron chi connectivity index (χ2n) is 9.48. The zero-order valence-corrected chi connectivity index (χ0v) is 24.9. The van der Waals surface area contributed by atoms with Gasteiger partial charge in [-0.2, -0.15) is 13.2 Å². The number of alkyl halides is 3. The minimum atomic E-state index is -4.37. The topological polar surface area (TPSA) is 115 Å². The Kier molecular flexibility index (Phi) is 13.4. The Balaban J connectivity index is 0.000000222. The highest BCUT2D eigenvalue weighted by Crippen LogP contribution is 2.38. The fourth-order valence-electron chi connectivity index (χ4n) is 3.56. The second kappa shape index (κ2) is 16.0. The third-order valence-corrected chi connectivity index (χ3v) is 10.2. The predicted octanol–water partition coefficient (Wildman–Crippen LogP) is 5.13. The molecule has 4 rings (SSSR count). The van der Waals surface area contributed by atoms with Crippen molar-refractivity contribution in [2.45, 2.75) is 38.7 Å². The largest absolute Gasteiger partial charge is 0.393 e. The van der Waals surface area contributed by atoms with Crippen LogP contribution in [0.5, 0.6) is 0 Å². The lowest BCUT2D eigenvalue weighted by molar-refractivity contribution is -0.162. The fraction of sp³-hybridized carbons (Fsp3) is 0.226. The van der Waals surface area contributed by atoms with Gasteiger partial charge in [-0.05, 0) is 55.5 Å². The third kappa shape index (κ3) is 11.0. The molecule has 0 saturated carbocycles. The van der Waals surface area contributed by atoms with Crippen LogP contribution in [0.25, 0.3) is 0 Å². The summed E-state index contributed by atoms with van der Waals surface area (Å²) < 4.78 is 59.4. The smallest absolute Gasteiger partial charge is 0.391 e. The molecule has 4 aromatic rings. The molecule has 0 amide bonds. The Morgan fingerprint density at radius 3 is 1.00 bits per heavy atom. The lowest BCUT2D eigenvalue weighted by atomic mass is 9.97. The molecule has 11 heteroatoms. The highest BCUT2D eigenvalue weighted by molar-refractivity contribution is 7.73. The van der Waals surface area contributed by atoms with Gasteiger partial charge in [0.2, 0.25) is 0 Å². The molecule has 4 aromatic carbocycles. The molecule has 0 aliphatic carbocycles. The lowest BCUT2D eigenvalue weighted by Gasteiger charge is -2.22. The van der Waals surface area contributed by atoms with E-state index in [9.17, 15) is 32.1 Å². The molecule has 3 unspecified atom stereocenters. The lowest BCUT2D eigenvalue weighted by Crippen LogP contribution is -2.31. The van der Waals surface area contributed by atoms with Crippen LogP contribution in [0.2, 0.25) is 0 Å². The molecule has 226 valence electrons. The van der Waals surface area contributed by atoms with Crippen molar-refractivity contribution in [3.63, 3.8) is 0 Å². The standard InChI is InChI=1S/2C12H11O2P.C7H13F3O2/c2*13-15(14,11-7-3-1-4-8-11)12-9-5-2-6-10-12;1-4(5(2)11)6(12)3-7(8,9)10/h2*1-10H,(H,13,14);4-6,11-12H,3H2,1-2H3. The van der Waals surface area contributed by atoms with Crippen molar-refractivity contribution in [2.75, 3.05) is 0 Å². The maximum Gasteiger partial charge on any atom is 0.391 e. The summed E-state index contributed by atoms with van der Waals surface area (Å²) in [5.41, 5.74) is 0. The minimum absolute atomic E-state index is 0.469. The number of aliphatic hydroxyl groups excluding tert-OH is 2. The van der Waals surface area contributed by atoms with Gasteiger partial charge in [0.1, 0.15) is 0 Å². The average Bonchev–Trinajstić information content (AvgIpc) is 2.98. The van der Waals surface area contributed by atoms with E-state index in [0.717, 1.165) is 0 Å². The summed E-state index contributed by atoms with van der Waals surface area (Å²) in [6.07, 6.45) is -8.09. The molecule has 0 spiro atoms. The summed E-state index contributed by atoms with van der Waals surface area (Å²) in [6, 6.07) is 34.8. The van der Waals surface area contributed by atoms with Crippen LogP contribution >= 0.6 is 14.7 Å². The van der Waals surface area contributed by atoms with Crippen LogP contribution in [-0.4, -0.2) is 38.4 Å². The summed E-state index contributed by atoms with van der Waals surface area (Å²) in [4.78, 5) is 20.0. The number of benzene rings is 4. The Bertz CT molecular complexity index is 1240. The molecule has 0 saturated heterocycles. The summed E-state index contributed by atoms with van der Waals surface area (Å²) in [6.45, 7) is 2.73. The van der Waals surface area contributed by atoms with E-state index < -0.39 is 45.5 Å². The molecule has 0 fully saturated rings. The van der Waals surface area contributed by atoms with Gasteiger partial charge in [-0.15, -0.1) is 0 Å². The van der Waals surface area contributed by atoms with Gasteiger partial charge >= 0.3 is 6.18 Å². The average molecular weight is 623 g/mol. The van der Waals surface area contributed by atoms with Gasteiger partial charge in [0.05, 0.1) is 18.6 Å². The monoisotopic (exact) mass is 622 g/mol. The van der Waals surface area contributed by atoms with Gasteiger partial charge in [0.15, 0.2) is 0 Å². The van der Waals surface area contributed by atoms with Crippen LogP contribution in [0.1, 0.15) is 20.3 Å². The molecule has 3 atom stereocenters. The molecular formula is C31H35F3O6P2. The highest BCUT2D eigenvalue weighted by Gasteiger charge is 2.34. The van der Waals surface area contributed by atoms with Gasteiger partial charge < -0.3 is 20.0 Å². The number of hydrogen-bond donors (Lipinski definition) is 4. The molecular weight excluding hydrogens is 587 g/mol. The molecule has 0 heterocycles. The van der Waals surface area contributed by atoms with Crippen molar-refractivity contribution in [1.82, 2.24) is 0 Å². The van der Waals surface area contributed by atoms with E-state index in [0.29, 0.717) is 21.2 Å². The van der Waals surface area contributed by atoms with Crippen molar-refractivity contribution >= 4 is 36.0 Å². The predicted molar refractivity (Wildman–Crippen MR) is 161 cm³/mol. The normalized spacial score (nSPS) is 13.8. The highest BCUT2D eigenvalue weighted by atomic mass is 31.2. The van der Waals surface area contributed by atoms with Crippen molar-refractivity contribution in [3.8, 4) is 0 Å². The third-order valence-electron chi connectivity index (χ3n) is 6.23. The molecule has 0 bridgehead atoms. The Labute approximate surface area is 244 Å². The number of hydrogen-bond acceptors (Lipinski definition) is 4. The van der Waals surface area contributed by atoms with E-state index in [1.165, 1.54) is 13.8 Å². The molecule has 6 nitrogen and oxygen atoms in total. The fourth-order valence-corrected chi connectivity index (χ4v) is 6.46. The first-order chi connectivity index (χ1) is 19.7. The SMILES string of the molecule is CC(O)C(C)C(O)CC(F)(F)F.O=P(O)(c1ccccc1)c1ccccc1.O=P(O)(c1ccccc1)c1ccccc1. The number of rotatable bonds is 7. The van der Waals surface area contributed by atoms with Gasteiger partial charge in [-0.3, -0.25) is 9.13 Å². The molecule has 0 radical (unpaired) electrons. The molecule has 4 N–H and O–H groups in total. The van der Waals surface area contributed by atoms with E-state index in [1.54, 1.807) is 97.1 Å². The summed E-state index contributed by atoms with van der Waals surface area (Å²) in [5.74, 6) is -0.758. The Morgan fingerprint density at radius 1 is 0.571 bits per heavy atom. The van der Waals surface area contributed by atoms with Crippen LogP contribution in [-0.2, 0) is 9.13 Å². The van der Waals surface area contributed by atoms with Crippen molar-refractivity contribution in [3.05, 3.63) is 121 Å². The molecule has 0 aliphatic rings. The zero-order chi connectivity index (χ0) is 31.4. The van der Waals surface area contributed by atoms with Gasteiger partial charge in [-0.25, -0.2) is 0 Å². The van der Waals surface area contributed by atoms with Crippen LogP contribution in [0.15, 0.2) is 121 Å². The summed E-state index contributed by atoms with van der Waals surface area (Å²) in [7, 11) is -6.79. The van der Waals surface area contributed by atoms with E-state index in [-0.39, 0.29) is 0 Å². The zero-order valence-electron chi connectivity index (χ0n) is 23.1. The van der Waals surface area contributed by atoms with E-state index >= 15 is 0 Å². The Hall–Kier alpha value is -3.03. The van der Waals surface area contributed by atoms with Crippen molar-refractivity contribution < 1.29 is 42.3 Å². The van der Waals surface area contributed by atoms with E-state index in [4.69, 9.17) is 10.2 Å². The quantitative estimate of drug-likeness (QED) is 0.213. The van der Waals surface area contributed by atoms with Gasteiger partial charge in [-0.1, -0.05) is 79.7 Å². The van der Waals surface area contributed by atoms with Crippen molar-refractivity contribution in [2.24, 2.45) is 5.92 Å². The van der Waals surface area contributed by atoms with Crippen LogP contribution in [0.4, 0.5) is 13.2 Å². The maximum absolute atomic E-state index is 12.2. The molecule has 0 aromatic heterocycles. The molecule has 42 heavy (non-hydrogen) atoms. The minimum Gasteiger partial charge on any atom is -0.393 e. The first-order valence-electron chi connectivity index (χ1n) is 13.0.